The van der Waals surface area contributed by atoms with E-state index in [1.807, 2.05) is 24.3 Å². The third kappa shape index (κ3) is 5.31. The van der Waals surface area contributed by atoms with Gasteiger partial charge in [0, 0.05) is 11.4 Å². The van der Waals surface area contributed by atoms with Crippen molar-refractivity contribution in [1.29, 1.82) is 0 Å². The molecule has 6 nitrogen and oxygen atoms in total. The molecule has 1 heterocycles. The smallest absolute Gasteiger partial charge is 0.323 e. The Kier molecular flexibility index (Phi) is 6.08. The summed E-state index contributed by atoms with van der Waals surface area (Å²) in [4.78, 5) is 26.1. The van der Waals surface area contributed by atoms with Gasteiger partial charge in [-0.05, 0) is 75.8 Å². The molecular formula is C21H25N3O3. The number of aryl methyl sites for hydroxylation is 1. The first-order valence-electron chi connectivity index (χ1n) is 9.13. The lowest BCUT2D eigenvalue weighted by molar-refractivity contribution is 0.0961. The summed E-state index contributed by atoms with van der Waals surface area (Å²) in [5, 5.41) is 5.55. The number of hydrogen-bond acceptors (Lipinski definition) is 4. The number of ether oxygens (including phenoxy) is 1. The molecule has 0 fully saturated rings. The minimum Gasteiger partial charge on any atom is -0.485 e. The molecular weight excluding hydrogens is 342 g/mol. The molecule has 0 saturated carbocycles. The first-order chi connectivity index (χ1) is 13.0. The van der Waals surface area contributed by atoms with Gasteiger partial charge in [0.15, 0.2) is 6.61 Å². The summed E-state index contributed by atoms with van der Waals surface area (Å²) in [5.74, 6) is 0.488. The fourth-order valence-electron chi connectivity index (χ4n) is 2.98. The van der Waals surface area contributed by atoms with Crippen molar-refractivity contribution in [2.24, 2.45) is 0 Å². The maximum atomic E-state index is 12.2. The summed E-state index contributed by atoms with van der Waals surface area (Å²) < 4.78 is 5.24. The SMILES string of the molecule is CN(C)CCCCc1ccc(NC(=O)Nc2ccc3c(c2)C(=O)CO3)cc1. The highest BCUT2D eigenvalue weighted by molar-refractivity contribution is 6.05. The molecule has 0 atom stereocenters. The van der Waals surface area contributed by atoms with Gasteiger partial charge in [-0.3, -0.25) is 4.79 Å². The Balaban J connectivity index is 1.49. The number of benzene rings is 2. The average molecular weight is 367 g/mol. The lowest BCUT2D eigenvalue weighted by Gasteiger charge is -2.10. The van der Waals surface area contributed by atoms with E-state index >= 15 is 0 Å². The molecule has 3 rings (SSSR count). The van der Waals surface area contributed by atoms with Gasteiger partial charge in [0.2, 0.25) is 5.78 Å². The second kappa shape index (κ2) is 8.68. The van der Waals surface area contributed by atoms with Gasteiger partial charge in [-0.15, -0.1) is 0 Å². The Labute approximate surface area is 159 Å². The number of urea groups is 1. The van der Waals surface area contributed by atoms with E-state index in [2.05, 4.69) is 29.6 Å². The number of nitrogens with one attached hydrogen (secondary N) is 2. The highest BCUT2D eigenvalue weighted by atomic mass is 16.5. The van der Waals surface area contributed by atoms with Crippen LogP contribution in [0.15, 0.2) is 42.5 Å². The molecule has 2 amide bonds. The van der Waals surface area contributed by atoms with E-state index in [0.717, 1.165) is 25.1 Å². The number of hydrogen-bond donors (Lipinski definition) is 2. The molecule has 6 heteroatoms. The van der Waals surface area contributed by atoms with Crippen molar-refractivity contribution in [3.63, 3.8) is 0 Å². The van der Waals surface area contributed by atoms with Gasteiger partial charge >= 0.3 is 6.03 Å². The molecule has 0 radical (unpaired) electrons. The maximum Gasteiger partial charge on any atom is 0.323 e. The van der Waals surface area contributed by atoms with Crippen LogP contribution in [-0.4, -0.2) is 44.0 Å². The number of rotatable bonds is 7. The molecule has 2 aromatic rings. The minimum atomic E-state index is -0.347. The summed E-state index contributed by atoms with van der Waals surface area (Å²) >= 11 is 0. The zero-order valence-electron chi connectivity index (χ0n) is 15.7. The number of Topliss-reactive ketones (excluding diaryl/α,β-unsaturated/α-hetero) is 1. The number of fused-ring (bicyclic) bond motifs is 1. The molecule has 1 aliphatic rings. The Hall–Kier alpha value is -2.86. The first kappa shape index (κ1) is 18.9. The van der Waals surface area contributed by atoms with E-state index < -0.39 is 0 Å². The van der Waals surface area contributed by atoms with E-state index in [0.29, 0.717) is 17.0 Å². The Morgan fingerprint density at radius 2 is 1.74 bits per heavy atom. The molecule has 0 aliphatic carbocycles. The maximum absolute atomic E-state index is 12.2. The van der Waals surface area contributed by atoms with Crippen LogP contribution in [0, 0.1) is 0 Å². The van der Waals surface area contributed by atoms with E-state index in [1.54, 1.807) is 18.2 Å². The zero-order chi connectivity index (χ0) is 19.2. The van der Waals surface area contributed by atoms with Crippen LogP contribution < -0.4 is 15.4 Å². The van der Waals surface area contributed by atoms with Crippen molar-refractivity contribution >= 4 is 23.2 Å². The average Bonchev–Trinajstić information content (AvgIpc) is 3.00. The van der Waals surface area contributed by atoms with Crippen molar-refractivity contribution < 1.29 is 14.3 Å². The Morgan fingerprint density at radius 3 is 2.48 bits per heavy atom. The molecule has 2 aromatic carbocycles. The predicted molar refractivity (Wildman–Crippen MR) is 107 cm³/mol. The number of carbonyl (C=O) groups excluding carboxylic acids is 2. The van der Waals surface area contributed by atoms with Gasteiger partial charge < -0.3 is 20.3 Å². The highest BCUT2D eigenvalue weighted by Gasteiger charge is 2.21. The summed E-state index contributed by atoms with van der Waals surface area (Å²) in [6.07, 6.45) is 3.35. The minimum absolute atomic E-state index is 0.0620. The third-order valence-electron chi connectivity index (χ3n) is 4.43. The lowest BCUT2D eigenvalue weighted by atomic mass is 10.1. The summed E-state index contributed by atoms with van der Waals surface area (Å²) in [5.41, 5.74) is 3.05. The molecule has 2 N–H and O–H groups in total. The number of nitrogens with zero attached hydrogens (tertiary/aromatic N) is 1. The van der Waals surface area contributed by atoms with E-state index in [4.69, 9.17) is 4.74 Å². The topological polar surface area (TPSA) is 70.7 Å². The van der Waals surface area contributed by atoms with Gasteiger partial charge in [0.05, 0.1) is 5.56 Å². The second-order valence-corrected chi connectivity index (χ2v) is 6.96. The van der Waals surface area contributed by atoms with E-state index in [-0.39, 0.29) is 18.4 Å². The van der Waals surface area contributed by atoms with Crippen molar-refractivity contribution in [3.05, 3.63) is 53.6 Å². The summed E-state index contributed by atoms with van der Waals surface area (Å²) in [7, 11) is 4.17. The fraction of sp³-hybridized carbons (Fsp3) is 0.333. The van der Waals surface area contributed by atoms with Crippen LogP contribution >= 0.6 is 0 Å². The van der Waals surface area contributed by atoms with Crippen molar-refractivity contribution in [3.8, 4) is 5.75 Å². The molecule has 0 unspecified atom stereocenters. The zero-order valence-corrected chi connectivity index (χ0v) is 15.7. The monoisotopic (exact) mass is 367 g/mol. The number of carbonyl (C=O) groups is 2. The largest absolute Gasteiger partial charge is 0.485 e. The van der Waals surface area contributed by atoms with Crippen LogP contribution in [0.3, 0.4) is 0 Å². The molecule has 0 aromatic heterocycles. The molecule has 0 bridgehead atoms. The fourth-order valence-corrected chi connectivity index (χ4v) is 2.98. The van der Waals surface area contributed by atoms with Crippen LogP contribution in [-0.2, 0) is 6.42 Å². The van der Waals surface area contributed by atoms with Crippen LogP contribution in [0.5, 0.6) is 5.75 Å². The summed E-state index contributed by atoms with van der Waals surface area (Å²) in [6.45, 7) is 1.16. The third-order valence-corrected chi connectivity index (χ3v) is 4.43. The quantitative estimate of drug-likeness (QED) is 0.731. The standard InChI is InChI=1S/C21H25N3O3/c1-24(2)12-4-3-5-15-6-8-16(9-7-15)22-21(26)23-17-10-11-20-18(13-17)19(25)14-27-20/h6-11,13H,3-5,12,14H2,1-2H3,(H2,22,23,26). The van der Waals surface area contributed by atoms with Gasteiger partial charge in [-0.2, -0.15) is 0 Å². The molecule has 0 spiro atoms. The van der Waals surface area contributed by atoms with Crippen LogP contribution in [0.25, 0.3) is 0 Å². The van der Waals surface area contributed by atoms with E-state index in [1.165, 1.54) is 12.0 Å². The first-order valence-corrected chi connectivity index (χ1v) is 9.13. The number of ketones is 1. The van der Waals surface area contributed by atoms with Crippen LogP contribution in [0.4, 0.5) is 16.2 Å². The second-order valence-electron chi connectivity index (χ2n) is 6.96. The Morgan fingerprint density at radius 1 is 1.04 bits per heavy atom. The molecule has 1 aliphatic heterocycles. The van der Waals surface area contributed by atoms with Crippen molar-refractivity contribution in [2.75, 3.05) is 37.9 Å². The van der Waals surface area contributed by atoms with E-state index in [9.17, 15) is 9.59 Å². The molecule has 142 valence electrons. The van der Waals surface area contributed by atoms with Gasteiger partial charge in [-0.1, -0.05) is 12.1 Å². The molecule has 0 saturated heterocycles. The van der Waals surface area contributed by atoms with Gasteiger partial charge in [0.25, 0.3) is 0 Å². The predicted octanol–water partition coefficient (Wildman–Crippen LogP) is 3.79. The van der Waals surface area contributed by atoms with Crippen molar-refractivity contribution in [1.82, 2.24) is 4.90 Å². The normalized spacial score (nSPS) is 12.6. The number of unbranched alkanes of at least 4 members (excludes halogenated alkanes) is 1. The lowest BCUT2D eigenvalue weighted by Crippen LogP contribution is -2.19. The van der Waals surface area contributed by atoms with Gasteiger partial charge in [0.1, 0.15) is 5.75 Å². The van der Waals surface area contributed by atoms with Gasteiger partial charge in [-0.25, -0.2) is 4.79 Å². The number of anilines is 2. The van der Waals surface area contributed by atoms with Crippen molar-refractivity contribution in [2.45, 2.75) is 19.3 Å². The summed E-state index contributed by atoms with van der Waals surface area (Å²) in [6, 6.07) is 12.6. The number of amides is 2. The van der Waals surface area contributed by atoms with Crippen LogP contribution in [0.2, 0.25) is 0 Å². The molecule has 27 heavy (non-hydrogen) atoms. The van der Waals surface area contributed by atoms with Crippen LogP contribution in [0.1, 0.15) is 28.8 Å². The highest BCUT2D eigenvalue weighted by Crippen LogP contribution is 2.28. The Bertz CT molecular complexity index is 816.